The second-order valence-corrected chi connectivity index (χ2v) is 10.9. The van der Waals surface area contributed by atoms with Gasteiger partial charge in [0, 0.05) is 58.0 Å². The van der Waals surface area contributed by atoms with Crippen molar-refractivity contribution < 1.29 is 13.2 Å². The first kappa shape index (κ1) is 19.6. The van der Waals surface area contributed by atoms with Gasteiger partial charge in [0.15, 0.2) is 9.84 Å². The summed E-state index contributed by atoms with van der Waals surface area (Å²) in [6.45, 7) is 5.30. The van der Waals surface area contributed by atoms with Gasteiger partial charge in [-0.2, -0.15) is 0 Å². The predicted octanol–water partition coefficient (Wildman–Crippen LogP) is 0.497. The molecule has 1 amide bonds. The molecule has 28 heavy (non-hydrogen) atoms. The average molecular weight is 408 g/mol. The Bertz CT molecular complexity index is 872. The average Bonchev–Trinajstić information content (AvgIpc) is 3.06. The molecule has 8 nitrogen and oxygen atoms in total. The van der Waals surface area contributed by atoms with Gasteiger partial charge in [0.25, 0.3) is 0 Å². The Labute approximate surface area is 166 Å². The Hall–Kier alpha value is -1.74. The molecule has 0 aliphatic carbocycles. The molecule has 1 aromatic rings. The summed E-state index contributed by atoms with van der Waals surface area (Å²) < 4.78 is 25.7. The zero-order valence-electron chi connectivity index (χ0n) is 16.8. The number of sulfone groups is 1. The third-order valence-electron chi connectivity index (χ3n) is 6.19. The van der Waals surface area contributed by atoms with Gasteiger partial charge in [0.05, 0.1) is 23.2 Å². The van der Waals surface area contributed by atoms with Gasteiger partial charge in [-0.15, -0.1) is 0 Å². The van der Waals surface area contributed by atoms with Crippen molar-refractivity contribution in [2.75, 3.05) is 51.7 Å². The van der Waals surface area contributed by atoms with Gasteiger partial charge in [0.2, 0.25) is 11.9 Å². The Morgan fingerprint density at radius 2 is 2.07 bits per heavy atom. The Kier molecular flexibility index (Phi) is 5.07. The number of nitrogens with zero attached hydrogens (tertiary/aromatic N) is 5. The minimum atomic E-state index is -3.27. The Morgan fingerprint density at radius 3 is 2.79 bits per heavy atom. The summed E-state index contributed by atoms with van der Waals surface area (Å²) in [5.41, 5.74) is 1.58. The van der Waals surface area contributed by atoms with Gasteiger partial charge in [-0.25, -0.2) is 18.4 Å². The van der Waals surface area contributed by atoms with E-state index in [-0.39, 0.29) is 24.1 Å². The van der Waals surface area contributed by atoms with E-state index in [0.29, 0.717) is 25.0 Å². The fourth-order valence-corrected chi connectivity index (χ4v) is 6.65. The van der Waals surface area contributed by atoms with Crippen molar-refractivity contribution >= 4 is 21.7 Å². The lowest BCUT2D eigenvalue weighted by molar-refractivity contribution is -0.129. The third-order valence-corrected chi connectivity index (χ3v) is 8.31. The monoisotopic (exact) mass is 407 g/mol. The minimum Gasteiger partial charge on any atom is -0.348 e. The highest BCUT2D eigenvalue weighted by molar-refractivity contribution is 7.91. The molecule has 1 aromatic heterocycles. The van der Waals surface area contributed by atoms with Crippen LogP contribution in [0.5, 0.6) is 0 Å². The van der Waals surface area contributed by atoms with E-state index in [0.717, 1.165) is 30.8 Å². The van der Waals surface area contributed by atoms with Crippen LogP contribution in [-0.4, -0.2) is 86.2 Å². The van der Waals surface area contributed by atoms with Crippen molar-refractivity contribution in [3.8, 4) is 0 Å². The van der Waals surface area contributed by atoms with Crippen molar-refractivity contribution in [3.05, 3.63) is 17.5 Å². The number of amides is 1. The molecule has 3 aliphatic heterocycles. The van der Waals surface area contributed by atoms with Crippen molar-refractivity contribution in [3.63, 3.8) is 0 Å². The molecule has 0 aromatic carbocycles. The number of rotatable bonds is 3. The van der Waals surface area contributed by atoms with Crippen LogP contribution < -0.4 is 4.90 Å². The van der Waals surface area contributed by atoms with Crippen LogP contribution in [-0.2, 0) is 20.4 Å². The number of piperidine rings is 1. The summed E-state index contributed by atoms with van der Waals surface area (Å²) in [6.07, 6.45) is 4.06. The van der Waals surface area contributed by atoms with E-state index in [4.69, 9.17) is 4.98 Å². The molecule has 0 bridgehead atoms. The smallest absolute Gasteiger partial charge is 0.236 e. The zero-order chi connectivity index (χ0) is 20.1. The molecule has 4 rings (SSSR count). The minimum absolute atomic E-state index is 0.00432. The molecule has 0 radical (unpaired) electrons. The standard InChI is InChI=1S/C19H29N5O3S/c1-13-5-4-6-24(8-13)19-20-7-14-12-28(26,27)16-10-23(11-17(25)22(2)3)9-15(16)18(14)21-19/h7,13,15-16H,4-6,8-12H2,1-3H3/t13-,15-,16+/m0/s1. The molecule has 2 fully saturated rings. The maximum Gasteiger partial charge on any atom is 0.236 e. The van der Waals surface area contributed by atoms with E-state index in [2.05, 4.69) is 16.8 Å². The molecule has 0 unspecified atom stereocenters. The van der Waals surface area contributed by atoms with Gasteiger partial charge < -0.3 is 9.80 Å². The molecular weight excluding hydrogens is 378 g/mol. The molecule has 2 saturated heterocycles. The highest BCUT2D eigenvalue weighted by Gasteiger charge is 2.47. The van der Waals surface area contributed by atoms with Crippen LogP contribution in [0, 0.1) is 5.92 Å². The van der Waals surface area contributed by atoms with Crippen LogP contribution in [0.25, 0.3) is 0 Å². The van der Waals surface area contributed by atoms with E-state index in [1.165, 1.54) is 6.42 Å². The Balaban J connectivity index is 1.62. The lowest BCUT2D eigenvalue weighted by atomic mass is 9.99. The Morgan fingerprint density at radius 1 is 1.29 bits per heavy atom. The van der Waals surface area contributed by atoms with E-state index in [1.807, 2.05) is 4.90 Å². The summed E-state index contributed by atoms with van der Waals surface area (Å²) in [4.78, 5) is 27.2. The molecule has 154 valence electrons. The molecule has 4 heterocycles. The summed E-state index contributed by atoms with van der Waals surface area (Å²) in [5.74, 6) is 1.12. The fourth-order valence-electron chi connectivity index (χ4n) is 4.63. The van der Waals surface area contributed by atoms with Crippen LogP contribution in [0.15, 0.2) is 6.20 Å². The summed E-state index contributed by atoms with van der Waals surface area (Å²) in [5, 5.41) is -0.488. The first-order chi connectivity index (χ1) is 13.2. The van der Waals surface area contributed by atoms with Crippen molar-refractivity contribution in [1.82, 2.24) is 19.8 Å². The van der Waals surface area contributed by atoms with Gasteiger partial charge in [-0.3, -0.25) is 9.69 Å². The predicted molar refractivity (Wildman–Crippen MR) is 107 cm³/mol. The lowest BCUT2D eigenvalue weighted by Gasteiger charge is -2.32. The number of likely N-dealkylation sites (N-methyl/N-ethyl adjacent to an activating group) is 1. The number of aromatic nitrogens is 2. The normalized spacial score (nSPS) is 29.2. The summed E-state index contributed by atoms with van der Waals surface area (Å²) in [7, 11) is 0.168. The zero-order valence-corrected chi connectivity index (χ0v) is 17.7. The van der Waals surface area contributed by atoms with E-state index in [1.54, 1.807) is 25.2 Å². The van der Waals surface area contributed by atoms with Crippen LogP contribution >= 0.6 is 0 Å². The molecule has 0 saturated carbocycles. The SMILES string of the molecule is C[C@H]1CCCN(c2ncc3c(n2)[C@H]2CN(CC(=O)N(C)C)C[C@H]2S(=O)(=O)C3)C1. The number of anilines is 1. The van der Waals surface area contributed by atoms with Gasteiger partial charge in [-0.1, -0.05) is 6.92 Å². The molecule has 3 atom stereocenters. The fraction of sp³-hybridized carbons (Fsp3) is 0.737. The second-order valence-electron chi connectivity index (χ2n) is 8.71. The van der Waals surface area contributed by atoms with Gasteiger partial charge >= 0.3 is 0 Å². The summed E-state index contributed by atoms with van der Waals surface area (Å²) >= 11 is 0. The lowest BCUT2D eigenvalue weighted by Crippen LogP contribution is -2.38. The number of hydrogen-bond donors (Lipinski definition) is 0. The maximum absolute atomic E-state index is 12.8. The van der Waals surface area contributed by atoms with E-state index < -0.39 is 15.1 Å². The largest absolute Gasteiger partial charge is 0.348 e. The number of carbonyl (C=O) groups is 1. The quantitative estimate of drug-likeness (QED) is 0.721. The van der Waals surface area contributed by atoms with E-state index >= 15 is 0 Å². The van der Waals surface area contributed by atoms with Gasteiger partial charge in [-0.05, 0) is 18.8 Å². The van der Waals surface area contributed by atoms with Crippen molar-refractivity contribution in [2.24, 2.45) is 5.92 Å². The maximum atomic E-state index is 12.8. The molecule has 9 heteroatoms. The molecule has 3 aliphatic rings. The number of fused-ring (bicyclic) bond motifs is 3. The van der Waals surface area contributed by atoms with E-state index in [9.17, 15) is 13.2 Å². The number of carbonyl (C=O) groups excluding carboxylic acids is 1. The van der Waals surface area contributed by atoms with Crippen LogP contribution in [0.3, 0.4) is 0 Å². The number of hydrogen-bond acceptors (Lipinski definition) is 7. The highest BCUT2D eigenvalue weighted by atomic mass is 32.2. The first-order valence-electron chi connectivity index (χ1n) is 9.99. The van der Waals surface area contributed by atoms with Crippen molar-refractivity contribution in [1.29, 1.82) is 0 Å². The van der Waals surface area contributed by atoms with Crippen LogP contribution in [0.4, 0.5) is 5.95 Å². The third kappa shape index (κ3) is 3.61. The molecule has 0 N–H and O–H groups in total. The molecule has 0 spiro atoms. The topological polar surface area (TPSA) is 86.7 Å². The van der Waals surface area contributed by atoms with Crippen molar-refractivity contribution in [2.45, 2.75) is 36.7 Å². The second kappa shape index (κ2) is 7.26. The molecular formula is C19H29N5O3S. The summed E-state index contributed by atoms with van der Waals surface area (Å²) in [6, 6.07) is 0. The number of likely N-dealkylation sites (tertiary alicyclic amines) is 1. The van der Waals surface area contributed by atoms with Crippen LogP contribution in [0.1, 0.15) is 36.9 Å². The van der Waals surface area contributed by atoms with Gasteiger partial charge in [0.1, 0.15) is 0 Å². The highest BCUT2D eigenvalue weighted by Crippen LogP contribution is 2.39. The first-order valence-corrected chi connectivity index (χ1v) is 11.7. The van der Waals surface area contributed by atoms with Crippen LogP contribution in [0.2, 0.25) is 0 Å².